The van der Waals surface area contributed by atoms with Gasteiger partial charge in [-0.15, -0.1) is 0 Å². The Kier molecular flexibility index (Phi) is 3.79. The molecular formula is C17H17NOS. The molecule has 1 aliphatic heterocycles. The minimum atomic E-state index is -0.0207. The van der Waals surface area contributed by atoms with E-state index in [4.69, 9.17) is 12.2 Å². The van der Waals surface area contributed by atoms with Gasteiger partial charge in [0, 0.05) is 18.7 Å². The van der Waals surface area contributed by atoms with Crippen molar-refractivity contribution in [2.45, 2.75) is 19.3 Å². The van der Waals surface area contributed by atoms with E-state index >= 15 is 0 Å². The number of carbonyl (C=O) groups excluding carboxylic acids is 1. The Bertz CT molecular complexity index is 659. The lowest BCUT2D eigenvalue weighted by Crippen LogP contribution is -2.38. The highest BCUT2D eigenvalue weighted by Crippen LogP contribution is 2.18. The molecule has 1 heterocycles. The normalized spacial score (nSPS) is 15.3. The number of carbonyl (C=O) groups is 1. The molecule has 102 valence electrons. The Hall–Kier alpha value is -1.74. The zero-order valence-electron chi connectivity index (χ0n) is 11.3. The lowest BCUT2D eigenvalue weighted by molar-refractivity contribution is 0.105. The van der Waals surface area contributed by atoms with E-state index in [2.05, 4.69) is 4.90 Å². The molecule has 2 aromatic rings. The fourth-order valence-electron chi connectivity index (χ4n) is 2.69. The molecule has 1 aliphatic rings. The van der Waals surface area contributed by atoms with Crippen molar-refractivity contribution in [2.75, 3.05) is 13.1 Å². The molecule has 0 amide bonds. The lowest BCUT2D eigenvalue weighted by Gasteiger charge is -2.28. The summed E-state index contributed by atoms with van der Waals surface area (Å²) in [5.41, 5.74) is 0.694. The highest BCUT2D eigenvalue weighted by atomic mass is 32.1. The van der Waals surface area contributed by atoms with Gasteiger partial charge in [-0.2, -0.15) is 0 Å². The van der Waals surface area contributed by atoms with Gasteiger partial charge in [-0.25, -0.2) is 0 Å². The van der Waals surface area contributed by atoms with Crippen LogP contribution < -0.4 is 0 Å². The summed E-state index contributed by atoms with van der Waals surface area (Å²) in [6, 6.07) is 13.9. The van der Waals surface area contributed by atoms with Crippen LogP contribution in [0.5, 0.6) is 0 Å². The van der Waals surface area contributed by atoms with Gasteiger partial charge >= 0.3 is 0 Å². The second-order valence-corrected chi connectivity index (χ2v) is 5.63. The molecule has 2 aromatic carbocycles. The maximum Gasteiger partial charge on any atom is 0.220 e. The van der Waals surface area contributed by atoms with E-state index in [1.165, 1.54) is 6.42 Å². The maximum absolute atomic E-state index is 12.5. The van der Waals surface area contributed by atoms with Crippen LogP contribution in [0.3, 0.4) is 0 Å². The second-order valence-electron chi connectivity index (χ2n) is 5.24. The van der Waals surface area contributed by atoms with Crippen LogP contribution >= 0.6 is 12.2 Å². The van der Waals surface area contributed by atoms with E-state index in [9.17, 15) is 4.79 Å². The monoisotopic (exact) mass is 283 g/mol. The summed E-state index contributed by atoms with van der Waals surface area (Å²) in [4.78, 5) is 15.0. The van der Waals surface area contributed by atoms with Crippen molar-refractivity contribution in [1.82, 2.24) is 4.90 Å². The Balaban J connectivity index is 1.86. The Morgan fingerprint density at radius 3 is 2.40 bits per heavy atom. The topological polar surface area (TPSA) is 20.3 Å². The smallest absolute Gasteiger partial charge is 0.220 e. The van der Waals surface area contributed by atoms with Crippen LogP contribution in [0.25, 0.3) is 10.8 Å². The van der Waals surface area contributed by atoms with Gasteiger partial charge in [0.25, 0.3) is 0 Å². The molecule has 20 heavy (non-hydrogen) atoms. The molecule has 0 N–H and O–H groups in total. The Morgan fingerprint density at radius 2 is 1.65 bits per heavy atom. The predicted molar refractivity (Wildman–Crippen MR) is 86.3 cm³/mol. The quantitative estimate of drug-likeness (QED) is 0.617. The van der Waals surface area contributed by atoms with Crippen molar-refractivity contribution in [3.05, 3.63) is 48.0 Å². The number of nitrogens with zero attached hydrogens (tertiary/aromatic N) is 1. The molecule has 0 bridgehead atoms. The van der Waals surface area contributed by atoms with Gasteiger partial charge in [0.1, 0.15) is 0 Å². The summed E-state index contributed by atoms with van der Waals surface area (Å²) in [7, 11) is 0. The van der Waals surface area contributed by atoms with Gasteiger partial charge in [-0.3, -0.25) is 4.79 Å². The summed E-state index contributed by atoms with van der Waals surface area (Å²) >= 11 is 5.38. The summed E-state index contributed by atoms with van der Waals surface area (Å²) in [6.45, 7) is 1.83. The van der Waals surface area contributed by atoms with Crippen molar-refractivity contribution in [3.63, 3.8) is 0 Å². The van der Waals surface area contributed by atoms with Crippen molar-refractivity contribution in [3.8, 4) is 0 Å². The summed E-state index contributed by atoms with van der Waals surface area (Å²) in [6.07, 6.45) is 3.50. The molecule has 0 radical (unpaired) electrons. The number of hydrogen-bond donors (Lipinski definition) is 0. The third kappa shape index (κ3) is 2.59. The summed E-state index contributed by atoms with van der Waals surface area (Å²) in [5, 5.41) is 2.23. The highest BCUT2D eigenvalue weighted by molar-refractivity contribution is 7.82. The van der Waals surface area contributed by atoms with Gasteiger partial charge in [0.2, 0.25) is 5.78 Å². The van der Waals surface area contributed by atoms with Crippen molar-refractivity contribution in [1.29, 1.82) is 0 Å². The van der Waals surface area contributed by atoms with Crippen molar-refractivity contribution >= 4 is 33.8 Å². The van der Waals surface area contributed by atoms with E-state index in [1.807, 2.05) is 42.5 Å². The van der Waals surface area contributed by atoms with E-state index < -0.39 is 0 Å². The molecule has 0 atom stereocenters. The van der Waals surface area contributed by atoms with Crippen LogP contribution in [0.1, 0.15) is 29.6 Å². The third-order valence-electron chi connectivity index (χ3n) is 3.85. The Morgan fingerprint density at radius 1 is 0.950 bits per heavy atom. The van der Waals surface area contributed by atoms with E-state index in [0.717, 1.165) is 36.7 Å². The maximum atomic E-state index is 12.5. The molecule has 3 heteroatoms. The number of hydrogen-bond acceptors (Lipinski definition) is 2. The van der Waals surface area contributed by atoms with E-state index in [1.54, 1.807) is 0 Å². The Labute approximate surface area is 124 Å². The van der Waals surface area contributed by atoms with Crippen molar-refractivity contribution in [2.24, 2.45) is 0 Å². The molecule has 3 rings (SSSR count). The minimum absolute atomic E-state index is 0.0207. The first-order chi connectivity index (χ1) is 9.75. The average molecular weight is 283 g/mol. The van der Waals surface area contributed by atoms with E-state index in [-0.39, 0.29) is 5.78 Å². The molecule has 1 fully saturated rings. The third-order valence-corrected chi connectivity index (χ3v) is 4.29. The van der Waals surface area contributed by atoms with Crippen LogP contribution in [0.4, 0.5) is 0 Å². The molecule has 0 unspecified atom stereocenters. The first-order valence-electron chi connectivity index (χ1n) is 7.08. The fourth-order valence-corrected chi connectivity index (χ4v) is 3.00. The molecule has 0 aliphatic carbocycles. The lowest BCUT2D eigenvalue weighted by atomic mass is 10.0. The average Bonchev–Trinajstić information content (AvgIpc) is 2.54. The van der Waals surface area contributed by atoms with Gasteiger partial charge in [-0.1, -0.05) is 48.6 Å². The molecule has 1 saturated heterocycles. The number of likely N-dealkylation sites (tertiary alicyclic amines) is 1. The number of benzene rings is 2. The van der Waals surface area contributed by atoms with E-state index in [0.29, 0.717) is 10.6 Å². The van der Waals surface area contributed by atoms with Gasteiger partial charge in [0.15, 0.2) is 4.99 Å². The standard InChI is InChI=1S/C17H17NOS/c19-16(17(20)18-10-4-1-5-11-18)15-9-8-13-6-2-3-7-14(13)12-15/h2-3,6-9,12H,1,4-5,10-11H2. The van der Waals surface area contributed by atoms with Gasteiger partial charge in [0.05, 0.1) is 0 Å². The fraction of sp³-hybridized carbons (Fsp3) is 0.294. The van der Waals surface area contributed by atoms with Crippen LogP contribution in [-0.4, -0.2) is 28.8 Å². The number of thiocarbonyl (C=S) groups is 1. The SMILES string of the molecule is O=C(C(=S)N1CCCCC1)c1ccc2ccccc2c1. The molecule has 0 saturated carbocycles. The van der Waals surface area contributed by atoms with Crippen LogP contribution in [0.2, 0.25) is 0 Å². The van der Waals surface area contributed by atoms with Gasteiger partial charge in [-0.05, 0) is 36.1 Å². The zero-order valence-corrected chi connectivity index (χ0v) is 12.2. The molecule has 0 aromatic heterocycles. The first kappa shape index (κ1) is 13.3. The number of fused-ring (bicyclic) bond motifs is 1. The van der Waals surface area contributed by atoms with Gasteiger partial charge < -0.3 is 4.90 Å². The number of ketones is 1. The van der Waals surface area contributed by atoms with Crippen LogP contribution in [-0.2, 0) is 0 Å². The molecule has 0 spiro atoms. The highest BCUT2D eigenvalue weighted by Gasteiger charge is 2.20. The molecular weight excluding hydrogens is 266 g/mol. The number of rotatable bonds is 2. The predicted octanol–water partition coefficient (Wildman–Crippen LogP) is 3.84. The minimum Gasteiger partial charge on any atom is -0.360 e. The second kappa shape index (κ2) is 5.71. The van der Waals surface area contributed by atoms with Crippen molar-refractivity contribution < 1.29 is 4.79 Å². The first-order valence-corrected chi connectivity index (χ1v) is 7.49. The number of Topliss-reactive ketones (excluding diaryl/α,β-unsaturated/α-hetero) is 1. The van der Waals surface area contributed by atoms with Crippen LogP contribution in [0, 0.1) is 0 Å². The molecule has 2 nitrogen and oxygen atoms in total. The zero-order chi connectivity index (χ0) is 13.9. The summed E-state index contributed by atoms with van der Waals surface area (Å²) in [5.74, 6) is -0.0207. The van der Waals surface area contributed by atoms with Crippen LogP contribution in [0.15, 0.2) is 42.5 Å². The summed E-state index contributed by atoms with van der Waals surface area (Å²) < 4.78 is 0. The number of piperidine rings is 1. The largest absolute Gasteiger partial charge is 0.360 e.